The van der Waals surface area contributed by atoms with Gasteiger partial charge in [-0.3, -0.25) is 4.79 Å². The number of nitrogens with zero attached hydrogens (tertiary/aromatic N) is 1. The Bertz CT molecular complexity index is 1270. The zero-order valence-electron chi connectivity index (χ0n) is 20.3. The summed E-state index contributed by atoms with van der Waals surface area (Å²) >= 11 is 0. The highest BCUT2D eigenvalue weighted by molar-refractivity contribution is 5.81. The number of benzene rings is 2. The van der Waals surface area contributed by atoms with E-state index in [1.165, 1.54) is 6.92 Å². The average molecular weight is 492 g/mol. The Morgan fingerprint density at radius 2 is 1.97 bits per heavy atom. The first-order valence-corrected chi connectivity index (χ1v) is 12.3. The van der Waals surface area contributed by atoms with Gasteiger partial charge in [-0.2, -0.15) is 0 Å². The summed E-state index contributed by atoms with van der Waals surface area (Å²) in [6, 6.07) is 12.1. The highest BCUT2D eigenvalue weighted by Gasteiger charge is 2.71. The fourth-order valence-corrected chi connectivity index (χ4v) is 6.91. The molecule has 0 aromatic heterocycles. The number of aliphatic hydroxyl groups is 1. The molecule has 2 N–H and O–H groups in total. The van der Waals surface area contributed by atoms with Gasteiger partial charge in [0.2, 0.25) is 6.10 Å². The van der Waals surface area contributed by atoms with Gasteiger partial charge in [-0.05, 0) is 50.6 Å². The van der Waals surface area contributed by atoms with Gasteiger partial charge in [0, 0.05) is 30.5 Å². The minimum atomic E-state index is -1.24. The number of aromatic hydroxyl groups is 1. The molecule has 2 bridgehead atoms. The van der Waals surface area contributed by atoms with E-state index in [-0.39, 0.29) is 24.0 Å². The van der Waals surface area contributed by atoms with Gasteiger partial charge in [0.25, 0.3) is 0 Å². The SMILES string of the molecule is CC(=O)O[C@H](C(=O)OC1=CC[C@@]2(O)[C@H]3Cc4ccc(O)c5c4[C@@]2(CCCN3C)[C@H]1O5)c1ccccc1. The molecule has 4 aliphatic rings. The quantitative estimate of drug-likeness (QED) is 0.629. The maximum absolute atomic E-state index is 13.4. The molecule has 2 aliphatic heterocycles. The molecule has 36 heavy (non-hydrogen) atoms. The van der Waals surface area contributed by atoms with Crippen molar-refractivity contribution < 1.29 is 34.0 Å². The maximum Gasteiger partial charge on any atom is 0.357 e. The Hall–Kier alpha value is -3.36. The molecule has 8 heteroatoms. The molecule has 2 aromatic carbocycles. The number of phenols is 1. The monoisotopic (exact) mass is 491 g/mol. The third-order valence-electron chi connectivity index (χ3n) is 8.40. The predicted molar refractivity (Wildman–Crippen MR) is 128 cm³/mol. The third-order valence-corrected chi connectivity index (χ3v) is 8.40. The molecular formula is C28H29NO7. The van der Waals surface area contributed by atoms with E-state index in [2.05, 4.69) is 4.90 Å². The van der Waals surface area contributed by atoms with Crippen LogP contribution in [0.2, 0.25) is 0 Å². The lowest BCUT2D eigenvalue weighted by molar-refractivity contribution is -0.168. The molecule has 1 fully saturated rings. The van der Waals surface area contributed by atoms with E-state index in [0.717, 1.165) is 24.1 Å². The summed E-state index contributed by atoms with van der Waals surface area (Å²) in [6.45, 7) is 2.06. The second kappa shape index (κ2) is 8.08. The van der Waals surface area contributed by atoms with Crippen molar-refractivity contribution in [3.63, 3.8) is 0 Å². The standard InChI is InChI=1S/C28H29NO7/c1-16(30)34-23(17-7-4-3-5-8-17)26(32)35-20-11-13-28(33)21-15-18-9-10-19(31)24-22(18)27(28,25(20)36-24)12-6-14-29(21)2/h3-5,7-11,21,23,25,31,33H,6,12-15H2,1-2H3/t21-,23+,25+,27+,28-/m1/s1. The van der Waals surface area contributed by atoms with Crippen LogP contribution in [-0.2, 0) is 30.9 Å². The molecule has 1 spiro atoms. The minimum absolute atomic E-state index is 0.00341. The summed E-state index contributed by atoms with van der Waals surface area (Å²) in [5, 5.41) is 23.1. The molecule has 2 aromatic rings. The van der Waals surface area contributed by atoms with Crippen LogP contribution in [0.1, 0.15) is 49.0 Å². The number of carbonyl (C=O) groups is 2. The van der Waals surface area contributed by atoms with Crippen molar-refractivity contribution in [3.05, 3.63) is 71.0 Å². The fraction of sp³-hybridized carbons (Fsp3) is 0.429. The number of ether oxygens (including phenoxy) is 3. The second-order valence-corrected chi connectivity index (χ2v) is 10.3. The molecule has 6 rings (SSSR count). The number of hydrogen-bond acceptors (Lipinski definition) is 8. The lowest BCUT2D eigenvalue weighted by Crippen LogP contribution is -2.69. The first kappa shape index (κ1) is 23.1. The van der Waals surface area contributed by atoms with Gasteiger partial charge in [0.05, 0.1) is 11.0 Å². The van der Waals surface area contributed by atoms with E-state index in [1.54, 1.807) is 42.5 Å². The van der Waals surface area contributed by atoms with Crippen LogP contribution in [0.25, 0.3) is 0 Å². The maximum atomic E-state index is 13.4. The molecule has 8 nitrogen and oxygen atoms in total. The molecule has 188 valence electrons. The third kappa shape index (κ3) is 3.07. The average Bonchev–Trinajstić information content (AvgIpc) is 3.20. The van der Waals surface area contributed by atoms with E-state index in [0.29, 0.717) is 24.2 Å². The van der Waals surface area contributed by atoms with E-state index >= 15 is 0 Å². The lowest BCUT2D eigenvalue weighted by Gasteiger charge is -2.56. The van der Waals surface area contributed by atoms with Gasteiger partial charge in [-0.15, -0.1) is 0 Å². The molecule has 2 aliphatic carbocycles. The van der Waals surface area contributed by atoms with Crippen LogP contribution in [0.15, 0.2) is 54.3 Å². The summed E-state index contributed by atoms with van der Waals surface area (Å²) < 4.78 is 17.6. The van der Waals surface area contributed by atoms with E-state index in [9.17, 15) is 19.8 Å². The van der Waals surface area contributed by atoms with E-state index < -0.39 is 35.2 Å². The van der Waals surface area contributed by atoms with Crippen LogP contribution in [-0.4, -0.2) is 58.4 Å². The Morgan fingerprint density at radius 1 is 1.19 bits per heavy atom. The normalized spacial score (nSPS) is 30.8. The van der Waals surface area contributed by atoms with Gasteiger partial charge >= 0.3 is 11.9 Å². The van der Waals surface area contributed by atoms with Gasteiger partial charge in [-0.25, -0.2) is 4.79 Å². The van der Waals surface area contributed by atoms with Crippen molar-refractivity contribution in [2.45, 2.75) is 61.9 Å². The summed E-state index contributed by atoms with van der Waals surface area (Å²) in [4.78, 5) is 27.4. The summed E-state index contributed by atoms with van der Waals surface area (Å²) in [5.41, 5.74) is 0.303. The van der Waals surface area contributed by atoms with Crippen LogP contribution in [0, 0.1) is 0 Å². The van der Waals surface area contributed by atoms with Crippen molar-refractivity contribution in [2.24, 2.45) is 0 Å². The summed E-state index contributed by atoms with van der Waals surface area (Å²) in [6.07, 6.45) is 2.00. The zero-order chi connectivity index (χ0) is 25.2. The van der Waals surface area contributed by atoms with Gasteiger partial charge in [-0.1, -0.05) is 36.4 Å². The number of hydrogen-bond donors (Lipinski definition) is 2. The van der Waals surface area contributed by atoms with Gasteiger partial charge in [0.15, 0.2) is 17.6 Å². The summed E-state index contributed by atoms with van der Waals surface area (Å²) in [7, 11) is 2.03. The molecule has 0 radical (unpaired) electrons. The molecule has 0 amide bonds. The zero-order valence-corrected chi connectivity index (χ0v) is 20.3. The Morgan fingerprint density at radius 3 is 2.72 bits per heavy atom. The van der Waals surface area contributed by atoms with Crippen molar-refractivity contribution in [2.75, 3.05) is 13.6 Å². The fourth-order valence-electron chi connectivity index (χ4n) is 6.91. The second-order valence-electron chi connectivity index (χ2n) is 10.3. The van der Waals surface area contributed by atoms with Crippen molar-refractivity contribution in [3.8, 4) is 11.5 Å². The topological polar surface area (TPSA) is 106 Å². The summed E-state index contributed by atoms with van der Waals surface area (Å²) in [5.74, 6) is -0.727. The number of carbonyl (C=O) groups excluding carboxylic acids is 2. The van der Waals surface area contributed by atoms with Crippen molar-refractivity contribution in [1.82, 2.24) is 4.90 Å². The molecular weight excluding hydrogens is 462 g/mol. The number of esters is 2. The number of likely N-dealkylation sites (tertiary alicyclic amines) is 1. The molecule has 2 heterocycles. The smallest absolute Gasteiger partial charge is 0.357 e. The Balaban J connectivity index is 1.43. The first-order valence-electron chi connectivity index (χ1n) is 12.3. The van der Waals surface area contributed by atoms with Crippen LogP contribution in [0.4, 0.5) is 0 Å². The number of likely N-dealkylation sites (N-methyl/N-ethyl adjacent to an activating group) is 1. The largest absolute Gasteiger partial charge is 0.504 e. The minimum Gasteiger partial charge on any atom is -0.504 e. The number of rotatable bonds is 4. The Labute approximate surface area is 209 Å². The van der Waals surface area contributed by atoms with Crippen LogP contribution < -0.4 is 4.74 Å². The predicted octanol–water partition coefficient (Wildman–Crippen LogP) is 2.91. The molecule has 0 unspecified atom stereocenters. The highest BCUT2D eigenvalue weighted by atomic mass is 16.6. The van der Waals surface area contributed by atoms with Crippen molar-refractivity contribution in [1.29, 1.82) is 0 Å². The van der Waals surface area contributed by atoms with Crippen LogP contribution in [0.3, 0.4) is 0 Å². The van der Waals surface area contributed by atoms with E-state index in [4.69, 9.17) is 14.2 Å². The van der Waals surface area contributed by atoms with E-state index in [1.807, 2.05) is 13.1 Å². The first-order chi connectivity index (χ1) is 17.3. The van der Waals surface area contributed by atoms with Gasteiger partial charge in [0.1, 0.15) is 5.76 Å². The highest BCUT2D eigenvalue weighted by Crippen LogP contribution is 2.65. The van der Waals surface area contributed by atoms with Crippen LogP contribution in [0.5, 0.6) is 11.5 Å². The molecule has 5 atom stereocenters. The Kier molecular flexibility index (Phi) is 5.18. The molecule has 0 saturated carbocycles. The van der Waals surface area contributed by atoms with Gasteiger partial charge < -0.3 is 29.3 Å². The molecule has 1 saturated heterocycles. The van der Waals surface area contributed by atoms with Crippen molar-refractivity contribution >= 4 is 11.9 Å². The lowest BCUT2D eigenvalue weighted by atomic mass is 9.52. The number of phenolic OH excluding ortho intramolecular Hbond substituents is 1. The van der Waals surface area contributed by atoms with Crippen LogP contribution >= 0.6 is 0 Å².